The van der Waals surface area contributed by atoms with Crippen molar-refractivity contribution in [2.45, 2.75) is 12.8 Å². The van der Waals surface area contributed by atoms with Crippen LogP contribution >= 0.6 is 0 Å². The Morgan fingerprint density at radius 3 is 2.64 bits per heavy atom. The van der Waals surface area contributed by atoms with Crippen molar-refractivity contribution in [3.63, 3.8) is 0 Å². The van der Waals surface area contributed by atoms with Gasteiger partial charge in [-0.1, -0.05) is 30.3 Å². The van der Waals surface area contributed by atoms with E-state index >= 15 is 0 Å². The molecule has 0 spiro atoms. The molecule has 0 bridgehead atoms. The molecule has 0 aliphatic carbocycles. The van der Waals surface area contributed by atoms with Gasteiger partial charge in [0, 0.05) is 18.8 Å². The van der Waals surface area contributed by atoms with Crippen molar-refractivity contribution in [3.05, 3.63) is 75.0 Å². The molecular weight excluding hydrogens is 278 g/mol. The molecule has 0 saturated carbocycles. The zero-order valence-electron chi connectivity index (χ0n) is 12.3. The number of hydrogen-bond donors (Lipinski definition) is 1. The van der Waals surface area contributed by atoms with Crippen LogP contribution in [0.4, 0.5) is 0 Å². The third-order valence-corrected chi connectivity index (χ3v) is 3.99. The summed E-state index contributed by atoms with van der Waals surface area (Å²) < 4.78 is 7.08. The van der Waals surface area contributed by atoms with Crippen LogP contribution in [0.3, 0.4) is 0 Å². The lowest BCUT2D eigenvalue weighted by Gasteiger charge is -2.26. The first-order chi connectivity index (χ1) is 10.5. The van der Waals surface area contributed by atoms with Crippen molar-refractivity contribution < 1.29 is 4.74 Å². The first-order valence-corrected chi connectivity index (χ1v) is 6.87. The quantitative estimate of drug-likeness (QED) is 0.871. The Balaban J connectivity index is 2.36. The van der Waals surface area contributed by atoms with Gasteiger partial charge < -0.3 is 15.0 Å². The number of allylic oxidation sites excluding steroid dienone is 1. The molecule has 0 fully saturated rings. The Labute approximate surface area is 127 Å². The predicted molar refractivity (Wildman–Crippen MR) is 82.2 cm³/mol. The van der Waals surface area contributed by atoms with Crippen molar-refractivity contribution in [2.75, 3.05) is 0 Å². The number of ether oxygens (including phenoxy) is 1. The molecule has 22 heavy (non-hydrogen) atoms. The smallest absolute Gasteiger partial charge is 0.258 e. The lowest BCUT2D eigenvalue weighted by Crippen LogP contribution is -2.31. The summed E-state index contributed by atoms with van der Waals surface area (Å²) in [6.45, 7) is 1.82. The van der Waals surface area contributed by atoms with E-state index in [-0.39, 0.29) is 17.0 Å². The topological polar surface area (TPSA) is 81.0 Å². The molecule has 2 aromatic rings. The van der Waals surface area contributed by atoms with E-state index < -0.39 is 5.92 Å². The van der Waals surface area contributed by atoms with E-state index in [1.54, 1.807) is 17.7 Å². The van der Waals surface area contributed by atoms with Gasteiger partial charge in [0.15, 0.2) is 0 Å². The SMILES string of the molecule is Cc1cc2c(c(=O)n1C)[C@@H](c1ccccc1)C(C#N)=C(N)O2. The van der Waals surface area contributed by atoms with Crippen LogP contribution in [-0.2, 0) is 7.05 Å². The number of fused-ring (bicyclic) bond motifs is 1. The molecule has 1 atom stereocenters. The molecule has 110 valence electrons. The second-order valence-electron chi connectivity index (χ2n) is 5.26. The number of hydrogen-bond acceptors (Lipinski definition) is 4. The molecule has 2 N–H and O–H groups in total. The third kappa shape index (κ3) is 1.97. The number of nitrogens with two attached hydrogens (primary N) is 1. The summed E-state index contributed by atoms with van der Waals surface area (Å²) in [7, 11) is 1.70. The molecular formula is C17H15N3O2. The minimum Gasteiger partial charge on any atom is -0.440 e. The van der Waals surface area contributed by atoms with Crippen LogP contribution in [0, 0.1) is 18.3 Å². The molecule has 5 nitrogen and oxygen atoms in total. The molecule has 3 rings (SSSR count). The van der Waals surface area contributed by atoms with Crippen LogP contribution in [0.25, 0.3) is 0 Å². The van der Waals surface area contributed by atoms with E-state index in [1.165, 1.54) is 0 Å². The largest absolute Gasteiger partial charge is 0.440 e. The van der Waals surface area contributed by atoms with Gasteiger partial charge in [0.2, 0.25) is 5.88 Å². The van der Waals surface area contributed by atoms with Crippen molar-refractivity contribution in [1.82, 2.24) is 4.57 Å². The number of nitrogens with zero attached hydrogens (tertiary/aromatic N) is 2. The van der Waals surface area contributed by atoms with Gasteiger partial charge in [-0.25, -0.2) is 0 Å². The standard InChI is InChI=1S/C17H15N3O2/c1-10-8-13-15(17(21)20(10)2)14(11-6-4-3-5-7-11)12(9-18)16(19)22-13/h3-8,14H,19H2,1-2H3/t14-/m0/s1. The third-order valence-electron chi connectivity index (χ3n) is 3.99. The molecule has 1 aromatic heterocycles. The van der Waals surface area contributed by atoms with Crippen molar-refractivity contribution in [1.29, 1.82) is 5.26 Å². The predicted octanol–water partition coefficient (Wildman–Crippen LogP) is 1.91. The molecule has 0 unspecified atom stereocenters. The molecule has 2 heterocycles. The highest BCUT2D eigenvalue weighted by molar-refractivity contribution is 5.55. The molecule has 0 radical (unpaired) electrons. The fourth-order valence-electron chi connectivity index (χ4n) is 2.72. The summed E-state index contributed by atoms with van der Waals surface area (Å²) in [6, 6.07) is 13.2. The van der Waals surface area contributed by atoms with Gasteiger partial charge >= 0.3 is 0 Å². The highest BCUT2D eigenvalue weighted by atomic mass is 16.5. The maximum atomic E-state index is 12.7. The van der Waals surface area contributed by atoms with Gasteiger partial charge in [-0.3, -0.25) is 4.79 Å². The van der Waals surface area contributed by atoms with Gasteiger partial charge in [0.1, 0.15) is 17.4 Å². The van der Waals surface area contributed by atoms with Crippen LogP contribution in [0.2, 0.25) is 0 Å². The molecule has 0 amide bonds. The molecule has 1 aromatic carbocycles. The van der Waals surface area contributed by atoms with E-state index in [2.05, 4.69) is 6.07 Å². The van der Waals surface area contributed by atoms with Gasteiger partial charge in [-0.2, -0.15) is 5.26 Å². The first-order valence-electron chi connectivity index (χ1n) is 6.87. The van der Waals surface area contributed by atoms with E-state index in [1.807, 2.05) is 37.3 Å². The van der Waals surface area contributed by atoms with Crippen LogP contribution in [0.1, 0.15) is 22.7 Å². The van der Waals surface area contributed by atoms with Gasteiger partial charge in [0.25, 0.3) is 5.56 Å². The highest BCUT2D eigenvalue weighted by Crippen LogP contribution is 2.40. The minimum absolute atomic E-state index is 0.0523. The summed E-state index contributed by atoms with van der Waals surface area (Å²) in [4.78, 5) is 12.7. The van der Waals surface area contributed by atoms with Crippen LogP contribution < -0.4 is 16.0 Å². The normalized spacial score (nSPS) is 16.7. The minimum atomic E-state index is -0.505. The monoisotopic (exact) mass is 293 g/mol. The van der Waals surface area contributed by atoms with Gasteiger partial charge in [-0.05, 0) is 12.5 Å². The number of rotatable bonds is 1. The average molecular weight is 293 g/mol. The Hall–Kier alpha value is -3.00. The number of nitriles is 1. The van der Waals surface area contributed by atoms with Crippen LogP contribution in [-0.4, -0.2) is 4.57 Å². The second-order valence-corrected chi connectivity index (χ2v) is 5.26. The molecule has 0 saturated heterocycles. The first kappa shape index (κ1) is 14.0. The van der Waals surface area contributed by atoms with Crippen molar-refractivity contribution >= 4 is 0 Å². The second kappa shape index (κ2) is 5.08. The van der Waals surface area contributed by atoms with Crippen LogP contribution in [0.5, 0.6) is 5.75 Å². The van der Waals surface area contributed by atoms with Crippen molar-refractivity contribution in [2.24, 2.45) is 12.8 Å². The Morgan fingerprint density at radius 1 is 1.32 bits per heavy atom. The van der Waals surface area contributed by atoms with E-state index in [9.17, 15) is 10.1 Å². The zero-order valence-corrected chi connectivity index (χ0v) is 12.3. The lowest BCUT2D eigenvalue weighted by molar-refractivity contribution is 0.389. The average Bonchev–Trinajstić information content (AvgIpc) is 2.52. The number of benzene rings is 1. The van der Waals surface area contributed by atoms with E-state index in [0.717, 1.165) is 11.3 Å². The fraction of sp³-hybridized carbons (Fsp3) is 0.176. The van der Waals surface area contributed by atoms with Crippen LogP contribution in [0.15, 0.2) is 52.6 Å². The summed E-state index contributed by atoms with van der Waals surface area (Å²) in [6.07, 6.45) is 0. The Bertz CT molecular complexity index is 873. The summed E-state index contributed by atoms with van der Waals surface area (Å²) in [5, 5.41) is 9.46. The molecule has 1 aliphatic rings. The summed E-state index contributed by atoms with van der Waals surface area (Å²) in [5.74, 6) is -0.0308. The van der Waals surface area contributed by atoms with Gasteiger partial charge in [0.05, 0.1) is 11.5 Å². The maximum Gasteiger partial charge on any atom is 0.258 e. The lowest BCUT2D eigenvalue weighted by atomic mass is 9.84. The molecule has 1 aliphatic heterocycles. The maximum absolute atomic E-state index is 12.7. The number of aryl methyl sites for hydroxylation is 1. The summed E-state index contributed by atoms with van der Waals surface area (Å²) in [5.41, 5.74) is 8.04. The molecule has 5 heteroatoms. The van der Waals surface area contributed by atoms with E-state index in [0.29, 0.717) is 11.3 Å². The highest BCUT2D eigenvalue weighted by Gasteiger charge is 2.33. The van der Waals surface area contributed by atoms with Crippen molar-refractivity contribution in [3.8, 4) is 11.8 Å². The fourth-order valence-corrected chi connectivity index (χ4v) is 2.72. The van der Waals surface area contributed by atoms with E-state index in [4.69, 9.17) is 10.5 Å². The Kier molecular flexibility index (Phi) is 3.22. The number of pyridine rings is 1. The summed E-state index contributed by atoms with van der Waals surface area (Å²) >= 11 is 0. The Morgan fingerprint density at radius 2 is 2.00 bits per heavy atom. The zero-order chi connectivity index (χ0) is 15.9. The van der Waals surface area contributed by atoms with Gasteiger partial charge in [-0.15, -0.1) is 0 Å². The number of aromatic nitrogens is 1.